The summed E-state index contributed by atoms with van der Waals surface area (Å²) >= 11 is 1.55. The van der Waals surface area contributed by atoms with Gasteiger partial charge in [-0.05, 0) is 49.4 Å². The highest BCUT2D eigenvalue weighted by Crippen LogP contribution is 2.54. The quantitative estimate of drug-likeness (QED) is 0.787. The van der Waals surface area contributed by atoms with Crippen molar-refractivity contribution in [3.63, 3.8) is 0 Å². The number of thiophene rings is 1. The molecule has 0 spiro atoms. The summed E-state index contributed by atoms with van der Waals surface area (Å²) in [5.41, 5.74) is 0.338. The molecule has 5 nitrogen and oxygen atoms in total. The fourth-order valence-corrected chi connectivity index (χ4v) is 5.53. The molecule has 4 atom stereocenters. The minimum Gasteiger partial charge on any atom is -0.329 e. The van der Waals surface area contributed by atoms with Gasteiger partial charge in [0.1, 0.15) is 5.92 Å². The van der Waals surface area contributed by atoms with Gasteiger partial charge in [0.05, 0.1) is 43.1 Å². The zero-order valence-corrected chi connectivity index (χ0v) is 16.0. The number of hydrogen-bond acceptors (Lipinski definition) is 5. The predicted molar refractivity (Wildman–Crippen MR) is 99.7 cm³/mol. The van der Waals surface area contributed by atoms with Crippen LogP contribution in [0.15, 0.2) is 23.1 Å². The zero-order chi connectivity index (χ0) is 19.1. The van der Waals surface area contributed by atoms with Crippen molar-refractivity contribution in [2.45, 2.75) is 32.7 Å². The third kappa shape index (κ3) is 2.48. The Hall–Kier alpha value is -2.46. The van der Waals surface area contributed by atoms with Gasteiger partial charge in [0, 0.05) is 16.7 Å². The Kier molecular flexibility index (Phi) is 4.72. The standard InChI is InChI=1S/C20H21N5S/c1-12(2)25-6-4-14-15(8-21)19(24)20(10-22,11-23)17(16(14)9-25)18-13(3)5-7-26-18/h4-5,7,12,15-17,24H,6,9H2,1-3H3/p+1/t15-,16-,17+/m0/s1. The smallest absolute Gasteiger partial charge is 0.190 e. The Balaban J connectivity index is 2.25. The van der Waals surface area contributed by atoms with Crippen LogP contribution in [0, 0.1) is 63.6 Å². The molecule has 0 amide bonds. The normalized spacial score (nSPS) is 29.9. The second-order valence-corrected chi connectivity index (χ2v) is 8.43. The molecule has 6 heteroatoms. The Morgan fingerprint density at radius 1 is 1.31 bits per heavy atom. The van der Waals surface area contributed by atoms with Crippen molar-refractivity contribution in [3.05, 3.63) is 33.5 Å². The van der Waals surface area contributed by atoms with E-state index in [1.165, 1.54) is 4.90 Å². The highest BCUT2D eigenvalue weighted by Gasteiger charge is 2.59. The summed E-state index contributed by atoms with van der Waals surface area (Å²) in [6.45, 7) is 7.91. The largest absolute Gasteiger partial charge is 0.329 e. The van der Waals surface area contributed by atoms with Crippen molar-refractivity contribution < 1.29 is 4.90 Å². The van der Waals surface area contributed by atoms with Gasteiger partial charge >= 0.3 is 0 Å². The minimum absolute atomic E-state index is 0.0571. The fourth-order valence-electron chi connectivity index (χ4n) is 4.37. The van der Waals surface area contributed by atoms with Gasteiger partial charge < -0.3 is 10.3 Å². The average Bonchev–Trinajstić information content (AvgIpc) is 3.05. The molecular weight excluding hydrogens is 342 g/mol. The molecule has 0 radical (unpaired) electrons. The van der Waals surface area contributed by atoms with E-state index in [0.29, 0.717) is 6.04 Å². The lowest BCUT2D eigenvalue weighted by molar-refractivity contribution is -0.920. The summed E-state index contributed by atoms with van der Waals surface area (Å²) in [6, 6.07) is 8.93. The Labute approximate surface area is 158 Å². The van der Waals surface area contributed by atoms with Crippen LogP contribution in [-0.4, -0.2) is 24.8 Å². The van der Waals surface area contributed by atoms with E-state index in [-0.39, 0.29) is 11.6 Å². The van der Waals surface area contributed by atoms with E-state index in [1.807, 2.05) is 18.4 Å². The lowest BCUT2D eigenvalue weighted by Crippen LogP contribution is -3.16. The molecule has 0 aromatic carbocycles. The van der Waals surface area contributed by atoms with Gasteiger partial charge in [0.2, 0.25) is 0 Å². The van der Waals surface area contributed by atoms with Crippen molar-refractivity contribution in [2.75, 3.05) is 13.1 Å². The molecule has 2 N–H and O–H groups in total. The molecule has 3 rings (SSSR count). The number of fused-ring (bicyclic) bond motifs is 1. The maximum Gasteiger partial charge on any atom is 0.190 e. The van der Waals surface area contributed by atoms with E-state index in [0.717, 1.165) is 29.1 Å². The van der Waals surface area contributed by atoms with Gasteiger partial charge in [0.25, 0.3) is 0 Å². The second-order valence-electron chi connectivity index (χ2n) is 7.48. The first-order valence-electron chi connectivity index (χ1n) is 8.80. The molecule has 1 saturated carbocycles. The first kappa shape index (κ1) is 18.3. The van der Waals surface area contributed by atoms with Crippen LogP contribution in [0.1, 0.15) is 30.2 Å². The number of rotatable bonds is 2. The third-order valence-corrected chi connectivity index (χ3v) is 7.01. The van der Waals surface area contributed by atoms with Crippen LogP contribution in [0.2, 0.25) is 0 Å². The molecule has 132 valence electrons. The van der Waals surface area contributed by atoms with Crippen molar-refractivity contribution in [1.82, 2.24) is 0 Å². The molecule has 1 fully saturated rings. The Morgan fingerprint density at radius 3 is 2.50 bits per heavy atom. The first-order chi connectivity index (χ1) is 12.4. The van der Waals surface area contributed by atoms with Crippen LogP contribution < -0.4 is 4.90 Å². The predicted octanol–water partition coefficient (Wildman–Crippen LogP) is 2.20. The van der Waals surface area contributed by atoms with E-state index < -0.39 is 17.3 Å². The highest BCUT2D eigenvalue weighted by atomic mass is 32.1. The van der Waals surface area contributed by atoms with Crippen molar-refractivity contribution >= 4 is 17.0 Å². The second kappa shape index (κ2) is 6.69. The van der Waals surface area contributed by atoms with E-state index in [9.17, 15) is 15.8 Å². The average molecular weight is 364 g/mol. The van der Waals surface area contributed by atoms with E-state index in [1.54, 1.807) is 11.3 Å². The SMILES string of the molecule is Cc1ccsc1[C@H]1[C@H]2C[NH+](C(C)C)CC=C2[C@H](C#N)C(=N)C1(C#N)C#N. The van der Waals surface area contributed by atoms with E-state index in [2.05, 4.69) is 38.1 Å². The topological polar surface area (TPSA) is 99.7 Å². The Morgan fingerprint density at radius 2 is 2.00 bits per heavy atom. The number of nitrogens with one attached hydrogen (secondary N) is 2. The molecule has 1 aromatic rings. The lowest BCUT2D eigenvalue weighted by Gasteiger charge is -2.46. The van der Waals surface area contributed by atoms with Gasteiger partial charge in [-0.2, -0.15) is 15.8 Å². The van der Waals surface area contributed by atoms with Crippen LogP contribution in [0.25, 0.3) is 0 Å². The van der Waals surface area contributed by atoms with E-state index in [4.69, 9.17) is 5.41 Å². The highest BCUT2D eigenvalue weighted by molar-refractivity contribution is 7.10. The summed E-state index contributed by atoms with van der Waals surface area (Å²) in [5.74, 6) is -1.24. The summed E-state index contributed by atoms with van der Waals surface area (Å²) in [7, 11) is 0. The number of nitrogens with zero attached hydrogens (tertiary/aromatic N) is 3. The van der Waals surface area contributed by atoms with Gasteiger partial charge in [-0.15, -0.1) is 11.3 Å². The van der Waals surface area contributed by atoms with Gasteiger partial charge in [0.15, 0.2) is 5.41 Å². The molecule has 2 heterocycles. The molecule has 0 saturated heterocycles. The Bertz CT molecular complexity index is 875. The number of hydrogen-bond donors (Lipinski definition) is 2. The molecular formula is C20H22N5S+. The van der Waals surface area contributed by atoms with Crippen LogP contribution in [0.3, 0.4) is 0 Å². The van der Waals surface area contributed by atoms with Crippen LogP contribution in [0.4, 0.5) is 0 Å². The number of aryl methyl sites for hydroxylation is 1. The summed E-state index contributed by atoms with van der Waals surface area (Å²) < 4.78 is 0. The monoisotopic (exact) mass is 364 g/mol. The van der Waals surface area contributed by atoms with Crippen LogP contribution in [-0.2, 0) is 0 Å². The molecule has 1 aliphatic carbocycles. The summed E-state index contributed by atoms with van der Waals surface area (Å²) in [4.78, 5) is 2.38. The maximum absolute atomic E-state index is 10.0. The van der Waals surface area contributed by atoms with Crippen molar-refractivity contribution in [2.24, 2.45) is 17.3 Å². The van der Waals surface area contributed by atoms with Crippen molar-refractivity contribution in [3.8, 4) is 18.2 Å². The van der Waals surface area contributed by atoms with Crippen molar-refractivity contribution in [1.29, 1.82) is 21.2 Å². The molecule has 1 unspecified atom stereocenters. The van der Waals surface area contributed by atoms with E-state index >= 15 is 0 Å². The zero-order valence-electron chi connectivity index (χ0n) is 15.2. The summed E-state index contributed by atoms with van der Waals surface area (Å²) in [6.07, 6.45) is 2.08. The third-order valence-electron chi connectivity index (χ3n) is 5.91. The molecule has 1 aromatic heterocycles. The van der Waals surface area contributed by atoms with Crippen LogP contribution >= 0.6 is 11.3 Å². The van der Waals surface area contributed by atoms with Crippen LogP contribution in [0.5, 0.6) is 0 Å². The summed E-state index contributed by atoms with van der Waals surface area (Å²) in [5, 5.41) is 40.3. The van der Waals surface area contributed by atoms with Gasteiger partial charge in [-0.1, -0.05) is 0 Å². The maximum atomic E-state index is 10.0. The minimum atomic E-state index is -1.59. The molecule has 2 aliphatic rings. The molecule has 1 aliphatic heterocycles. The lowest BCUT2D eigenvalue weighted by atomic mass is 9.55. The fraction of sp³-hybridized carbons (Fsp3) is 0.500. The molecule has 0 bridgehead atoms. The number of nitriles is 3. The van der Waals surface area contributed by atoms with Gasteiger partial charge in [-0.25, -0.2) is 0 Å². The first-order valence-corrected chi connectivity index (χ1v) is 9.68. The van der Waals surface area contributed by atoms with Gasteiger partial charge in [-0.3, -0.25) is 0 Å². The molecule has 26 heavy (non-hydrogen) atoms. The number of quaternary nitrogens is 1.